The lowest BCUT2D eigenvalue weighted by molar-refractivity contribution is 0.0835. The topological polar surface area (TPSA) is 74.2 Å². The van der Waals surface area contributed by atoms with Gasteiger partial charge in [0.25, 0.3) is 5.89 Å². The highest BCUT2D eigenvalue weighted by atomic mass is 16.5. The lowest BCUT2D eigenvalue weighted by atomic mass is 9.99. The number of hydrogen-bond acceptors (Lipinski definition) is 5. The molecule has 5 heteroatoms. The van der Waals surface area contributed by atoms with Gasteiger partial charge in [-0.3, -0.25) is 0 Å². The summed E-state index contributed by atoms with van der Waals surface area (Å²) in [5.41, 5.74) is 5.91. The molecule has 1 aromatic heterocycles. The number of aromatic nitrogens is 2. The van der Waals surface area contributed by atoms with E-state index in [1.165, 1.54) is 0 Å². The molecule has 0 bridgehead atoms. The number of hydrogen-bond donors (Lipinski definition) is 1. The molecule has 5 nitrogen and oxygen atoms in total. The fraction of sp³-hybridized carbons (Fsp3) is 0.818. The van der Waals surface area contributed by atoms with E-state index in [0.29, 0.717) is 11.7 Å². The van der Waals surface area contributed by atoms with Crippen molar-refractivity contribution in [2.45, 2.75) is 50.2 Å². The molecular formula is C11H17N3O2. The van der Waals surface area contributed by atoms with Crippen molar-refractivity contribution < 1.29 is 9.26 Å². The molecule has 1 unspecified atom stereocenters. The van der Waals surface area contributed by atoms with Gasteiger partial charge in [0.1, 0.15) is 6.10 Å². The van der Waals surface area contributed by atoms with E-state index in [9.17, 15) is 0 Å². The van der Waals surface area contributed by atoms with Crippen LogP contribution in [-0.2, 0) is 10.3 Å². The standard InChI is InChI=1S/C11H17N3O2/c12-11(5-1-2-6-11)10-13-9(16-14-10)8-4-3-7-15-8/h8H,1-7,12H2. The van der Waals surface area contributed by atoms with Crippen LogP contribution >= 0.6 is 0 Å². The summed E-state index contributed by atoms with van der Waals surface area (Å²) in [4.78, 5) is 4.42. The fourth-order valence-electron chi connectivity index (χ4n) is 2.57. The first-order valence-electron chi connectivity index (χ1n) is 6.02. The molecule has 1 saturated heterocycles. The van der Waals surface area contributed by atoms with Crippen molar-refractivity contribution in [1.29, 1.82) is 0 Å². The first-order chi connectivity index (χ1) is 7.78. The van der Waals surface area contributed by atoms with Crippen molar-refractivity contribution in [3.8, 4) is 0 Å². The molecule has 0 amide bonds. The van der Waals surface area contributed by atoms with Crippen molar-refractivity contribution in [1.82, 2.24) is 10.1 Å². The van der Waals surface area contributed by atoms with Gasteiger partial charge in [-0.2, -0.15) is 4.98 Å². The van der Waals surface area contributed by atoms with E-state index in [-0.39, 0.29) is 11.6 Å². The van der Waals surface area contributed by atoms with Crippen LogP contribution in [0, 0.1) is 0 Å². The first-order valence-corrected chi connectivity index (χ1v) is 6.02. The fourth-order valence-corrected chi connectivity index (χ4v) is 2.57. The molecule has 88 valence electrons. The van der Waals surface area contributed by atoms with Gasteiger partial charge in [-0.1, -0.05) is 18.0 Å². The SMILES string of the molecule is NC1(c2noc(C3CCCO3)n2)CCCC1. The normalized spacial score (nSPS) is 28.7. The third-order valence-corrected chi connectivity index (χ3v) is 3.59. The second-order valence-electron chi connectivity index (χ2n) is 4.82. The zero-order valence-electron chi connectivity index (χ0n) is 9.32. The van der Waals surface area contributed by atoms with Gasteiger partial charge < -0.3 is 15.0 Å². The Bertz CT molecular complexity index is 365. The number of nitrogens with two attached hydrogens (primary N) is 1. The summed E-state index contributed by atoms with van der Waals surface area (Å²) in [7, 11) is 0. The van der Waals surface area contributed by atoms with Gasteiger partial charge in [0.15, 0.2) is 5.82 Å². The van der Waals surface area contributed by atoms with Crippen molar-refractivity contribution in [2.75, 3.05) is 6.61 Å². The summed E-state index contributed by atoms with van der Waals surface area (Å²) >= 11 is 0. The van der Waals surface area contributed by atoms with Crippen molar-refractivity contribution in [2.24, 2.45) is 5.73 Å². The Hall–Kier alpha value is -0.940. The third kappa shape index (κ3) is 1.64. The Kier molecular flexibility index (Phi) is 2.44. The van der Waals surface area contributed by atoms with Gasteiger partial charge >= 0.3 is 0 Å². The van der Waals surface area contributed by atoms with Gasteiger partial charge in [-0.05, 0) is 25.7 Å². The Morgan fingerprint density at radius 2 is 2.06 bits per heavy atom. The maximum absolute atomic E-state index is 6.27. The molecule has 1 aliphatic heterocycles. The minimum absolute atomic E-state index is 0.00810. The van der Waals surface area contributed by atoms with Crippen LogP contribution in [-0.4, -0.2) is 16.7 Å². The Balaban J connectivity index is 1.81. The minimum Gasteiger partial charge on any atom is -0.368 e. The third-order valence-electron chi connectivity index (χ3n) is 3.59. The Morgan fingerprint density at radius 3 is 2.75 bits per heavy atom. The number of ether oxygens (including phenoxy) is 1. The monoisotopic (exact) mass is 223 g/mol. The highest BCUT2D eigenvalue weighted by molar-refractivity contribution is 5.07. The summed E-state index contributed by atoms with van der Waals surface area (Å²) in [6.07, 6.45) is 6.25. The zero-order chi connectivity index (χ0) is 11.0. The van der Waals surface area contributed by atoms with E-state index < -0.39 is 0 Å². The van der Waals surface area contributed by atoms with E-state index in [0.717, 1.165) is 45.1 Å². The van der Waals surface area contributed by atoms with Crippen LogP contribution in [0.3, 0.4) is 0 Å². The number of nitrogens with zero attached hydrogens (tertiary/aromatic N) is 2. The maximum atomic E-state index is 6.27. The first kappa shape index (κ1) is 10.2. The van der Waals surface area contributed by atoms with E-state index in [4.69, 9.17) is 15.0 Å². The van der Waals surface area contributed by atoms with E-state index >= 15 is 0 Å². The predicted octanol–water partition coefficient (Wildman–Crippen LogP) is 1.65. The molecule has 2 heterocycles. The van der Waals surface area contributed by atoms with Gasteiger partial charge in [-0.15, -0.1) is 0 Å². The van der Waals surface area contributed by atoms with Crippen LogP contribution in [0.2, 0.25) is 0 Å². The summed E-state index contributed by atoms with van der Waals surface area (Å²) in [5.74, 6) is 1.26. The molecule has 1 aliphatic carbocycles. The molecule has 1 saturated carbocycles. The van der Waals surface area contributed by atoms with Crippen LogP contribution in [0.5, 0.6) is 0 Å². The zero-order valence-corrected chi connectivity index (χ0v) is 9.32. The van der Waals surface area contributed by atoms with E-state index in [1.807, 2.05) is 0 Å². The highest BCUT2D eigenvalue weighted by Gasteiger charge is 2.37. The molecule has 2 aliphatic rings. The van der Waals surface area contributed by atoms with Crippen molar-refractivity contribution >= 4 is 0 Å². The van der Waals surface area contributed by atoms with Crippen molar-refractivity contribution in [3.63, 3.8) is 0 Å². The Morgan fingerprint density at radius 1 is 1.25 bits per heavy atom. The summed E-state index contributed by atoms with van der Waals surface area (Å²) in [5, 5.41) is 4.02. The lowest BCUT2D eigenvalue weighted by Crippen LogP contribution is -2.34. The summed E-state index contributed by atoms with van der Waals surface area (Å²) in [6.45, 7) is 0.788. The average Bonchev–Trinajstić information content (AvgIpc) is 2.98. The van der Waals surface area contributed by atoms with Crippen LogP contribution in [0.4, 0.5) is 0 Å². The molecule has 1 atom stereocenters. The molecule has 2 N–H and O–H groups in total. The molecule has 16 heavy (non-hydrogen) atoms. The highest BCUT2D eigenvalue weighted by Crippen LogP contribution is 2.36. The molecule has 3 rings (SSSR count). The van der Waals surface area contributed by atoms with Gasteiger partial charge in [-0.25, -0.2) is 0 Å². The number of rotatable bonds is 2. The van der Waals surface area contributed by atoms with Crippen LogP contribution < -0.4 is 5.73 Å². The quantitative estimate of drug-likeness (QED) is 0.825. The molecule has 0 spiro atoms. The molecule has 1 aromatic rings. The van der Waals surface area contributed by atoms with E-state index in [2.05, 4.69) is 10.1 Å². The second kappa shape index (κ2) is 3.82. The average molecular weight is 223 g/mol. The van der Waals surface area contributed by atoms with Crippen LogP contribution in [0.1, 0.15) is 56.3 Å². The van der Waals surface area contributed by atoms with Gasteiger partial charge in [0.05, 0.1) is 5.54 Å². The molecule has 0 aromatic carbocycles. The van der Waals surface area contributed by atoms with E-state index in [1.54, 1.807) is 0 Å². The summed E-state index contributed by atoms with van der Waals surface area (Å²) < 4.78 is 10.8. The predicted molar refractivity (Wildman–Crippen MR) is 56.6 cm³/mol. The Labute approximate surface area is 94.3 Å². The van der Waals surface area contributed by atoms with Gasteiger partial charge in [0.2, 0.25) is 0 Å². The molecule has 2 fully saturated rings. The molecule has 0 radical (unpaired) electrons. The van der Waals surface area contributed by atoms with Crippen LogP contribution in [0.25, 0.3) is 0 Å². The maximum Gasteiger partial charge on any atom is 0.255 e. The lowest BCUT2D eigenvalue weighted by Gasteiger charge is -2.17. The smallest absolute Gasteiger partial charge is 0.255 e. The van der Waals surface area contributed by atoms with Crippen LogP contribution in [0.15, 0.2) is 4.52 Å². The molecular weight excluding hydrogens is 206 g/mol. The summed E-state index contributed by atoms with van der Waals surface area (Å²) in [6, 6.07) is 0. The second-order valence-corrected chi connectivity index (χ2v) is 4.82. The minimum atomic E-state index is -0.361. The van der Waals surface area contributed by atoms with Crippen molar-refractivity contribution in [3.05, 3.63) is 11.7 Å². The largest absolute Gasteiger partial charge is 0.368 e. The van der Waals surface area contributed by atoms with Gasteiger partial charge in [0, 0.05) is 6.61 Å².